The van der Waals surface area contributed by atoms with Gasteiger partial charge in [-0.2, -0.15) is 0 Å². The van der Waals surface area contributed by atoms with Gasteiger partial charge in [-0.1, -0.05) is 0 Å². The van der Waals surface area contributed by atoms with E-state index in [1.54, 1.807) is 0 Å². The molecule has 82 valence electrons. The van der Waals surface area contributed by atoms with Gasteiger partial charge in [0.25, 0.3) is 0 Å². The number of primary sulfonamides is 1. The molecule has 0 aromatic heterocycles. The zero-order valence-electron chi connectivity index (χ0n) is 7.76. The maximum Gasteiger partial charge on any atom is 0.240 e. The van der Waals surface area contributed by atoms with Gasteiger partial charge in [-0.25, -0.2) is 13.6 Å². The van der Waals surface area contributed by atoms with Crippen molar-refractivity contribution in [3.05, 3.63) is 12.1 Å². The average molecular weight is 230 g/mol. The Kier molecular flexibility index (Phi) is 2.20. The van der Waals surface area contributed by atoms with Gasteiger partial charge in [0.2, 0.25) is 10.0 Å². The molecular weight excluding hydrogens is 220 g/mol. The van der Waals surface area contributed by atoms with E-state index >= 15 is 0 Å². The fourth-order valence-electron chi connectivity index (χ4n) is 1.33. The van der Waals surface area contributed by atoms with Crippen molar-refractivity contribution < 1.29 is 17.9 Å². The highest BCUT2D eigenvalue weighted by atomic mass is 32.2. The van der Waals surface area contributed by atoms with Crippen molar-refractivity contribution in [1.29, 1.82) is 0 Å². The van der Waals surface area contributed by atoms with Gasteiger partial charge < -0.3 is 15.2 Å². The summed E-state index contributed by atoms with van der Waals surface area (Å²) in [6.07, 6.45) is 0. The number of sulfonamides is 1. The van der Waals surface area contributed by atoms with Crippen LogP contribution in [0, 0.1) is 0 Å². The van der Waals surface area contributed by atoms with Crippen LogP contribution in [0.4, 0.5) is 5.69 Å². The molecule has 0 unspecified atom stereocenters. The molecule has 0 spiro atoms. The van der Waals surface area contributed by atoms with Crippen LogP contribution in [0.15, 0.2) is 17.0 Å². The molecule has 0 fully saturated rings. The van der Waals surface area contributed by atoms with E-state index in [1.807, 2.05) is 0 Å². The van der Waals surface area contributed by atoms with E-state index in [1.165, 1.54) is 12.1 Å². The second-order valence-corrected chi connectivity index (χ2v) is 4.61. The quantitative estimate of drug-likeness (QED) is 0.644. The number of nitrogen functional groups attached to an aromatic ring is 1. The first-order chi connectivity index (χ1) is 6.98. The number of fused-ring (bicyclic) bond motifs is 1. The van der Waals surface area contributed by atoms with E-state index < -0.39 is 10.0 Å². The lowest BCUT2D eigenvalue weighted by Gasteiger charge is -2.19. The molecule has 0 atom stereocenters. The Bertz CT molecular complexity index is 498. The molecule has 0 saturated carbocycles. The molecular formula is C8H10N2O4S. The number of benzene rings is 1. The molecule has 0 aliphatic carbocycles. The molecule has 0 amide bonds. The molecule has 0 bridgehead atoms. The first-order valence-corrected chi connectivity index (χ1v) is 5.75. The topological polar surface area (TPSA) is 105 Å². The molecule has 1 aliphatic heterocycles. The number of anilines is 1. The Labute approximate surface area is 86.8 Å². The van der Waals surface area contributed by atoms with Gasteiger partial charge in [0.05, 0.1) is 5.69 Å². The van der Waals surface area contributed by atoms with Crippen molar-refractivity contribution in [2.75, 3.05) is 18.9 Å². The number of nitrogens with two attached hydrogens (primary N) is 2. The molecule has 1 aromatic rings. The molecule has 1 heterocycles. The minimum atomic E-state index is -3.83. The van der Waals surface area contributed by atoms with Gasteiger partial charge in [-0.3, -0.25) is 0 Å². The van der Waals surface area contributed by atoms with E-state index in [0.717, 1.165) is 0 Å². The molecule has 1 aromatic carbocycles. The molecule has 15 heavy (non-hydrogen) atoms. The van der Waals surface area contributed by atoms with E-state index in [9.17, 15) is 8.42 Å². The van der Waals surface area contributed by atoms with Crippen molar-refractivity contribution in [2.45, 2.75) is 4.90 Å². The molecule has 7 heteroatoms. The second kappa shape index (κ2) is 3.28. The van der Waals surface area contributed by atoms with Crippen molar-refractivity contribution in [3.63, 3.8) is 0 Å². The Morgan fingerprint density at radius 1 is 1.13 bits per heavy atom. The predicted molar refractivity (Wildman–Crippen MR) is 53.2 cm³/mol. The fraction of sp³-hybridized carbons (Fsp3) is 0.250. The summed E-state index contributed by atoms with van der Waals surface area (Å²) in [6, 6.07) is 2.67. The Balaban J connectivity index is 2.60. The Morgan fingerprint density at radius 3 is 2.20 bits per heavy atom. The van der Waals surface area contributed by atoms with Crippen LogP contribution in [0.1, 0.15) is 0 Å². The smallest absolute Gasteiger partial charge is 0.240 e. The standard InChI is InChI=1S/C8H10N2O4S/c9-5-3-6-7(14-2-1-13-6)4-8(5)15(10,11)12/h3-4H,1-2,9H2,(H2,10,11,12). The summed E-state index contributed by atoms with van der Waals surface area (Å²) in [5.41, 5.74) is 5.59. The van der Waals surface area contributed by atoms with Crippen molar-refractivity contribution in [1.82, 2.24) is 0 Å². The molecule has 6 nitrogen and oxygen atoms in total. The third-order valence-electron chi connectivity index (χ3n) is 1.98. The summed E-state index contributed by atoms with van der Waals surface area (Å²) in [4.78, 5) is -0.147. The maximum absolute atomic E-state index is 11.1. The van der Waals surface area contributed by atoms with Crippen LogP contribution in [-0.2, 0) is 10.0 Å². The highest BCUT2D eigenvalue weighted by molar-refractivity contribution is 7.89. The predicted octanol–water partition coefficient (Wildman–Crippen LogP) is -0.313. The SMILES string of the molecule is Nc1cc2c(cc1S(N)(=O)=O)OCCO2. The average Bonchev–Trinajstić information content (AvgIpc) is 2.15. The molecule has 2 rings (SSSR count). The summed E-state index contributed by atoms with van der Waals surface area (Å²) in [5, 5.41) is 4.99. The number of ether oxygens (including phenoxy) is 2. The highest BCUT2D eigenvalue weighted by Gasteiger charge is 2.19. The summed E-state index contributed by atoms with van der Waals surface area (Å²) in [6.45, 7) is 0.794. The molecule has 0 radical (unpaired) electrons. The van der Waals surface area contributed by atoms with Crippen molar-refractivity contribution >= 4 is 15.7 Å². The van der Waals surface area contributed by atoms with Gasteiger partial charge in [-0.05, 0) is 0 Å². The zero-order chi connectivity index (χ0) is 11.1. The summed E-state index contributed by atoms with van der Waals surface area (Å²) in [5.74, 6) is 0.783. The summed E-state index contributed by atoms with van der Waals surface area (Å²) < 4.78 is 32.7. The number of hydrogen-bond acceptors (Lipinski definition) is 5. The normalized spacial score (nSPS) is 15.0. The van der Waals surface area contributed by atoms with Gasteiger partial charge >= 0.3 is 0 Å². The van der Waals surface area contributed by atoms with E-state index in [2.05, 4.69) is 0 Å². The van der Waals surface area contributed by atoms with Gasteiger partial charge in [0.1, 0.15) is 18.1 Å². The first kappa shape index (κ1) is 10.1. The zero-order valence-corrected chi connectivity index (χ0v) is 8.58. The number of rotatable bonds is 1. The van der Waals surface area contributed by atoms with E-state index in [-0.39, 0.29) is 10.6 Å². The van der Waals surface area contributed by atoms with Crippen LogP contribution in [0.3, 0.4) is 0 Å². The largest absolute Gasteiger partial charge is 0.486 e. The number of hydrogen-bond donors (Lipinski definition) is 2. The monoisotopic (exact) mass is 230 g/mol. The van der Waals surface area contributed by atoms with Crippen molar-refractivity contribution in [2.24, 2.45) is 5.14 Å². The molecule has 1 aliphatic rings. The van der Waals surface area contributed by atoms with Crippen LogP contribution in [0.5, 0.6) is 11.5 Å². The maximum atomic E-state index is 11.1. The van der Waals surface area contributed by atoms with Crippen molar-refractivity contribution in [3.8, 4) is 11.5 Å². The Hall–Kier alpha value is -1.47. The Morgan fingerprint density at radius 2 is 1.67 bits per heavy atom. The van der Waals surface area contributed by atoms with E-state index in [0.29, 0.717) is 24.7 Å². The van der Waals surface area contributed by atoms with Gasteiger partial charge in [0.15, 0.2) is 11.5 Å². The first-order valence-electron chi connectivity index (χ1n) is 4.20. The molecule has 4 N–H and O–H groups in total. The lowest BCUT2D eigenvalue weighted by atomic mass is 10.2. The van der Waals surface area contributed by atoms with Crippen LogP contribution in [-0.4, -0.2) is 21.6 Å². The summed E-state index contributed by atoms with van der Waals surface area (Å²) in [7, 11) is -3.83. The third kappa shape index (κ3) is 1.83. The highest BCUT2D eigenvalue weighted by Crippen LogP contribution is 2.35. The second-order valence-electron chi connectivity index (χ2n) is 3.08. The van der Waals surface area contributed by atoms with Crippen LogP contribution >= 0.6 is 0 Å². The van der Waals surface area contributed by atoms with Crippen LogP contribution < -0.4 is 20.3 Å². The lowest BCUT2D eigenvalue weighted by molar-refractivity contribution is 0.171. The van der Waals surface area contributed by atoms with Crippen LogP contribution in [0.2, 0.25) is 0 Å². The van der Waals surface area contributed by atoms with Gasteiger partial charge in [0, 0.05) is 12.1 Å². The minimum absolute atomic E-state index is 0.0572. The lowest BCUT2D eigenvalue weighted by Crippen LogP contribution is -2.18. The van der Waals surface area contributed by atoms with Crippen LogP contribution in [0.25, 0.3) is 0 Å². The third-order valence-corrected chi connectivity index (χ3v) is 2.95. The van der Waals surface area contributed by atoms with Gasteiger partial charge in [-0.15, -0.1) is 0 Å². The van der Waals surface area contributed by atoms with E-state index in [4.69, 9.17) is 20.3 Å². The minimum Gasteiger partial charge on any atom is -0.486 e. The molecule has 0 saturated heterocycles. The fourth-order valence-corrected chi connectivity index (χ4v) is 1.99. The summed E-state index contributed by atoms with van der Waals surface area (Å²) >= 11 is 0.